The third kappa shape index (κ3) is 2.46. The second-order valence-corrected chi connectivity index (χ2v) is 10.2. The number of carbonyl (C=O) groups is 1. The Morgan fingerprint density at radius 2 is 1.71 bits per heavy atom. The van der Waals surface area contributed by atoms with Gasteiger partial charge in [-0.3, -0.25) is 4.79 Å². The third-order valence-corrected chi connectivity index (χ3v) is 9.49. The molecule has 0 aliphatic heterocycles. The maximum Gasteiger partial charge on any atom is 0.303 e. The fourth-order valence-electron chi connectivity index (χ4n) is 8.18. The molecular formula is C22H36O2. The summed E-state index contributed by atoms with van der Waals surface area (Å²) in [5.41, 5.74) is 1.07. The van der Waals surface area contributed by atoms with E-state index >= 15 is 0 Å². The Bertz CT molecular complexity index is 500. The van der Waals surface area contributed by atoms with E-state index in [1.807, 2.05) is 0 Å². The summed E-state index contributed by atoms with van der Waals surface area (Å²) in [5, 5.41) is 9.10. The average molecular weight is 333 g/mol. The van der Waals surface area contributed by atoms with Gasteiger partial charge in [-0.1, -0.05) is 26.7 Å². The number of aliphatic carboxylic acids is 1. The zero-order valence-corrected chi connectivity index (χ0v) is 15.7. The van der Waals surface area contributed by atoms with Crippen LogP contribution in [0.4, 0.5) is 0 Å². The van der Waals surface area contributed by atoms with Crippen LogP contribution in [0.15, 0.2) is 0 Å². The van der Waals surface area contributed by atoms with Crippen molar-refractivity contribution >= 4 is 5.97 Å². The third-order valence-electron chi connectivity index (χ3n) is 9.49. The molecule has 0 amide bonds. The van der Waals surface area contributed by atoms with E-state index < -0.39 is 5.97 Å². The number of carboxylic acids is 1. The summed E-state index contributed by atoms with van der Waals surface area (Å²) >= 11 is 0. The zero-order valence-electron chi connectivity index (χ0n) is 15.7. The van der Waals surface area contributed by atoms with E-state index in [0.717, 1.165) is 30.1 Å². The quantitative estimate of drug-likeness (QED) is 0.698. The predicted octanol–water partition coefficient (Wildman–Crippen LogP) is 5.90. The molecule has 4 saturated carbocycles. The van der Waals surface area contributed by atoms with Crippen LogP contribution in [0.3, 0.4) is 0 Å². The van der Waals surface area contributed by atoms with Crippen molar-refractivity contribution in [2.75, 3.05) is 0 Å². The lowest BCUT2D eigenvalue weighted by Crippen LogP contribution is -2.52. The van der Waals surface area contributed by atoms with Gasteiger partial charge >= 0.3 is 5.97 Å². The maximum atomic E-state index is 11.0. The predicted molar refractivity (Wildman–Crippen MR) is 96.7 cm³/mol. The molecule has 7 atom stereocenters. The second-order valence-electron chi connectivity index (χ2n) is 10.2. The van der Waals surface area contributed by atoms with Crippen LogP contribution in [0.5, 0.6) is 0 Å². The van der Waals surface area contributed by atoms with E-state index in [2.05, 4.69) is 13.8 Å². The van der Waals surface area contributed by atoms with Gasteiger partial charge in [-0.2, -0.15) is 0 Å². The Labute approximate surface area is 147 Å². The molecule has 0 heterocycles. The summed E-state index contributed by atoms with van der Waals surface area (Å²) in [6.07, 6.45) is 15.6. The molecule has 2 heteroatoms. The minimum atomic E-state index is -0.606. The SMILES string of the molecule is C[C@]12CCCCC1CC[C@@H]1C2CC[C@]2(C)C(CCC(=O)O)CCC12. The number of rotatable bonds is 3. The lowest BCUT2D eigenvalue weighted by atomic mass is 9.45. The lowest BCUT2D eigenvalue weighted by Gasteiger charge is -2.60. The van der Waals surface area contributed by atoms with Crippen molar-refractivity contribution in [3.05, 3.63) is 0 Å². The first kappa shape index (κ1) is 16.9. The largest absolute Gasteiger partial charge is 0.481 e. The van der Waals surface area contributed by atoms with E-state index in [1.165, 1.54) is 64.2 Å². The fourth-order valence-corrected chi connectivity index (χ4v) is 8.18. The summed E-state index contributed by atoms with van der Waals surface area (Å²) in [6, 6.07) is 0. The Morgan fingerprint density at radius 3 is 2.50 bits per heavy atom. The van der Waals surface area contributed by atoms with E-state index in [0.29, 0.717) is 23.2 Å². The highest BCUT2D eigenvalue weighted by molar-refractivity contribution is 5.66. The van der Waals surface area contributed by atoms with Crippen molar-refractivity contribution in [2.24, 2.45) is 40.4 Å². The summed E-state index contributed by atoms with van der Waals surface area (Å²) in [4.78, 5) is 11.0. The van der Waals surface area contributed by atoms with Crippen molar-refractivity contribution in [3.63, 3.8) is 0 Å². The van der Waals surface area contributed by atoms with Gasteiger partial charge in [-0.15, -0.1) is 0 Å². The van der Waals surface area contributed by atoms with Gasteiger partial charge in [0.15, 0.2) is 0 Å². The monoisotopic (exact) mass is 332 g/mol. The molecule has 4 aliphatic carbocycles. The lowest BCUT2D eigenvalue weighted by molar-refractivity contribution is -0.138. The molecule has 0 aromatic heterocycles. The van der Waals surface area contributed by atoms with Gasteiger partial charge < -0.3 is 5.11 Å². The van der Waals surface area contributed by atoms with Crippen molar-refractivity contribution < 1.29 is 9.90 Å². The molecule has 136 valence electrons. The minimum absolute atomic E-state index is 0.376. The van der Waals surface area contributed by atoms with Crippen molar-refractivity contribution in [1.82, 2.24) is 0 Å². The molecule has 0 bridgehead atoms. The van der Waals surface area contributed by atoms with E-state index in [1.54, 1.807) is 0 Å². The van der Waals surface area contributed by atoms with Crippen molar-refractivity contribution in [1.29, 1.82) is 0 Å². The van der Waals surface area contributed by atoms with E-state index in [4.69, 9.17) is 5.11 Å². The molecule has 0 radical (unpaired) electrons. The summed E-state index contributed by atoms with van der Waals surface area (Å²) in [5.74, 6) is 3.85. The van der Waals surface area contributed by atoms with Gasteiger partial charge in [0.25, 0.3) is 0 Å². The molecule has 4 rings (SSSR count). The van der Waals surface area contributed by atoms with Gasteiger partial charge in [0.05, 0.1) is 0 Å². The fraction of sp³-hybridized carbons (Fsp3) is 0.955. The Kier molecular flexibility index (Phi) is 4.24. The molecule has 24 heavy (non-hydrogen) atoms. The van der Waals surface area contributed by atoms with Crippen LogP contribution in [-0.4, -0.2) is 11.1 Å². The summed E-state index contributed by atoms with van der Waals surface area (Å²) < 4.78 is 0. The minimum Gasteiger partial charge on any atom is -0.481 e. The molecule has 0 aromatic carbocycles. The first-order valence-electron chi connectivity index (χ1n) is 10.7. The Hall–Kier alpha value is -0.530. The Balaban J connectivity index is 1.54. The van der Waals surface area contributed by atoms with Gasteiger partial charge in [0.1, 0.15) is 0 Å². The van der Waals surface area contributed by atoms with Crippen LogP contribution in [0.2, 0.25) is 0 Å². The van der Waals surface area contributed by atoms with Gasteiger partial charge in [-0.05, 0) is 98.2 Å². The normalized spacial score (nSPS) is 50.7. The molecule has 2 nitrogen and oxygen atoms in total. The van der Waals surface area contributed by atoms with Crippen molar-refractivity contribution in [2.45, 2.75) is 90.9 Å². The Morgan fingerprint density at radius 1 is 0.917 bits per heavy atom. The molecule has 0 saturated heterocycles. The summed E-state index contributed by atoms with van der Waals surface area (Å²) in [6.45, 7) is 5.18. The van der Waals surface area contributed by atoms with Crippen LogP contribution >= 0.6 is 0 Å². The van der Waals surface area contributed by atoms with Crippen LogP contribution in [-0.2, 0) is 4.79 Å². The number of fused-ring (bicyclic) bond motifs is 5. The first-order chi connectivity index (χ1) is 11.4. The van der Waals surface area contributed by atoms with Crippen LogP contribution < -0.4 is 0 Å². The smallest absolute Gasteiger partial charge is 0.303 e. The van der Waals surface area contributed by atoms with Gasteiger partial charge in [-0.25, -0.2) is 0 Å². The van der Waals surface area contributed by atoms with E-state index in [-0.39, 0.29) is 0 Å². The molecule has 4 unspecified atom stereocenters. The number of hydrogen-bond acceptors (Lipinski definition) is 1. The topological polar surface area (TPSA) is 37.3 Å². The summed E-state index contributed by atoms with van der Waals surface area (Å²) in [7, 11) is 0. The van der Waals surface area contributed by atoms with Crippen LogP contribution in [0, 0.1) is 40.4 Å². The highest BCUT2D eigenvalue weighted by Crippen LogP contribution is 2.67. The van der Waals surface area contributed by atoms with Crippen LogP contribution in [0.1, 0.15) is 90.9 Å². The molecule has 0 aromatic rings. The van der Waals surface area contributed by atoms with Gasteiger partial charge in [0.2, 0.25) is 0 Å². The highest BCUT2D eigenvalue weighted by atomic mass is 16.4. The van der Waals surface area contributed by atoms with Crippen LogP contribution in [0.25, 0.3) is 0 Å². The molecule has 4 fully saturated rings. The molecule has 0 spiro atoms. The van der Waals surface area contributed by atoms with Gasteiger partial charge in [0, 0.05) is 6.42 Å². The van der Waals surface area contributed by atoms with Crippen molar-refractivity contribution in [3.8, 4) is 0 Å². The maximum absolute atomic E-state index is 11.0. The highest BCUT2D eigenvalue weighted by Gasteiger charge is 2.59. The number of hydrogen-bond donors (Lipinski definition) is 1. The molecule has 4 aliphatic rings. The zero-order chi connectivity index (χ0) is 16.9. The molecular weight excluding hydrogens is 296 g/mol. The number of carboxylic acid groups (broad SMARTS) is 1. The average Bonchev–Trinajstić information content (AvgIpc) is 2.89. The second kappa shape index (κ2) is 6.02. The standard InChI is InChI=1S/C22H36O2/c1-21-13-4-3-5-15(21)6-9-17-18-10-7-16(8-11-20(23)24)22(18,2)14-12-19(17)21/h15-19H,3-14H2,1-2H3,(H,23,24)/t15?,16?,17-,18?,19?,21-,22+/m0/s1. The van der Waals surface area contributed by atoms with E-state index in [9.17, 15) is 4.79 Å². The molecule has 1 N–H and O–H groups in total. The first-order valence-corrected chi connectivity index (χ1v) is 10.7.